The van der Waals surface area contributed by atoms with E-state index in [1.54, 1.807) is 0 Å². The van der Waals surface area contributed by atoms with Crippen molar-refractivity contribution in [2.45, 2.75) is 57.6 Å². The molecule has 0 spiro atoms. The minimum Gasteiger partial charge on any atom is -0.479 e. The number of urea groups is 1. The quantitative estimate of drug-likeness (QED) is 0.563. The van der Waals surface area contributed by atoms with Crippen LogP contribution in [-0.4, -0.2) is 40.9 Å². The van der Waals surface area contributed by atoms with Gasteiger partial charge in [-0.25, -0.2) is 9.59 Å². The smallest absolute Gasteiger partial charge is 0.332 e. The van der Waals surface area contributed by atoms with E-state index in [-0.39, 0.29) is 25.0 Å². The van der Waals surface area contributed by atoms with Crippen LogP contribution in [0.1, 0.15) is 45.4 Å². The van der Waals surface area contributed by atoms with Gasteiger partial charge in [-0.1, -0.05) is 19.8 Å². The number of rotatable bonds is 5. The first-order valence-corrected chi connectivity index (χ1v) is 6.94. The molecule has 6 nitrogen and oxygen atoms in total. The van der Waals surface area contributed by atoms with Crippen molar-refractivity contribution < 1.29 is 19.8 Å². The Kier molecular flexibility index (Phi) is 6.62. The van der Waals surface area contributed by atoms with E-state index < -0.39 is 12.1 Å². The Balaban J connectivity index is 2.18. The summed E-state index contributed by atoms with van der Waals surface area (Å²) in [4.78, 5) is 22.0. The minimum absolute atomic E-state index is 0.0183. The maximum Gasteiger partial charge on any atom is 0.332 e. The first-order chi connectivity index (χ1) is 8.99. The molecule has 0 aromatic carbocycles. The van der Waals surface area contributed by atoms with Crippen LogP contribution in [0.25, 0.3) is 0 Å². The van der Waals surface area contributed by atoms with Crippen molar-refractivity contribution in [3.63, 3.8) is 0 Å². The van der Waals surface area contributed by atoms with Crippen LogP contribution < -0.4 is 10.6 Å². The predicted octanol–water partition coefficient (Wildman–Crippen LogP) is 1.09. The number of aliphatic hydroxyl groups is 1. The lowest BCUT2D eigenvalue weighted by atomic mass is 10.0. The largest absolute Gasteiger partial charge is 0.479 e. The summed E-state index contributed by atoms with van der Waals surface area (Å²) in [6.45, 7) is 2.39. The molecule has 3 atom stereocenters. The van der Waals surface area contributed by atoms with Crippen molar-refractivity contribution in [2.75, 3.05) is 6.54 Å². The van der Waals surface area contributed by atoms with Gasteiger partial charge in [0.1, 0.15) is 0 Å². The van der Waals surface area contributed by atoms with E-state index in [0.717, 1.165) is 31.6 Å². The van der Waals surface area contributed by atoms with Crippen molar-refractivity contribution in [2.24, 2.45) is 5.92 Å². The van der Waals surface area contributed by atoms with Gasteiger partial charge in [-0.05, 0) is 25.2 Å². The average molecular weight is 272 g/mol. The summed E-state index contributed by atoms with van der Waals surface area (Å²) >= 11 is 0. The van der Waals surface area contributed by atoms with E-state index in [9.17, 15) is 9.59 Å². The molecule has 1 aliphatic rings. The van der Waals surface area contributed by atoms with E-state index in [0.29, 0.717) is 0 Å². The third-order valence-electron chi connectivity index (χ3n) is 3.58. The van der Waals surface area contributed by atoms with Crippen molar-refractivity contribution >= 4 is 12.0 Å². The maximum atomic E-state index is 11.6. The Morgan fingerprint density at radius 3 is 2.68 bits per heavy atom. The Morgan fingerprint density at radius 2 is 2.00 bits per heavy atom. The zero-order valence-electron chi connectivity index (χ0n) is 11.4. The SMILES string of the molecule is CC1CCCC(NC(=O)NCC[C@H](O)C(=O)O)CC1. The Labute approximate surface area is 113 Å². The predicted molar refractivity (Wildman–Crippen MR) is 70.8 cm³/mol. The highest BCUT2D eigenvalue weighted by atomic mass is 16.4. The Bertz CT molecular complexity index is 309. The molecule has 110 valence electrons. The molecule has 2 unspecified atom stereocenters. The number of aliphatic carboxylic acids is 1. The Morgan fingerprint density at radius 1 is 1.26 bits per heavy atom. The van der Waals surface area contributed by atoms with Crippen molar-refractivity contribution in [1.82, 2.24) is 10.6 Å². The fourth-order valence-corrected chi connectivity index (χ4v) is 2.31. The zero-order valence-corrected chi connectivity index (χ0v) is 11.4. The van der Waals surface area contributed by atoms with Crippen LogP contribution in [-0.2, 0) is 4.79 Å². The molecule has 2 amide bonds. The number of carbonyl (C=O) groups excluding carboxylic acids is 1. The van der Waals surface area contributed by atoms with E-state index >= 15 is 0 Å². The molecule has 6 heteroatoms. The van der Waals surface area contributed by atoms with Crippen molar-refractivity contribution in [1.29, 1.82) is 0 Å². The number of carboxylic acids is 1. The lowest BCUT2D eigenvalue weighted by Crippen LogP contribution is -2.43. The van der Waals surface area contributed by atoms with Crippen LogP contribution in [0.3, 0.4) is 0 Å². The number of hydrogen-bond acceptors (Lipinski definition) is 3. The molecular weight excluding hydrogens is 248 g/mol. The average Bonchev–Trinajstić information content (AvgIpc) is 2.54. The van der Waals surface area contributed by atoms with Crippen LogP contribution in [0.15, 0.2) is 0 Å². The van der Waals surface area contributed by atoms with Gasteiger partial charge < -0.3 is 20.8 Å². The van der Waals surface area contributed by atoms with Crippen LogP contribution in [0, 0.1) is 5.92 Å². The van der Waals surface area contributed by atoms with Gasteiger partial charge in [0.2, 0.25) is 0 Å². The van der Waals surface area contributed by atoms with Crippen molar-refractivity contribution in [3.05, 3.63) is 0 Å². The Hall–Kier alpha value is -1.30. The number of nitrogens with one attached hydrogen (secondary N) is 2. The number of carbonyl (C=O) groups is 2. The fourth-order valence-electron chi connectivity index (χ4n) is 2.31. The van der Waals surface area contributed by atoms with E-state index in [1.165, 1.54) is 6.42 Å². The van der Waals surface area contributed by atoms with Crippen molar-refractivity contribution in [3.8, 4) is 0 Å². The molecule has 1 fully saturated rings. The van der Waals surface area contributed by atoms with Crippen LogP contribution >= 0.6 is 0 Å². The molecule has 0 bridgehead atoms. The summed E-state index contributed by atoms with van der Waals surface area (Å²) in [5.41, 5.74) is 0. The summed E-state index contributed by atoms with van der Waals surface area (Å²) in [7, 11) is 0. The van der Waals surface area contributed by atoms with Gasteiger partial charge in [0, 0.05) is 19.0 Å². The first-order valence-electron chi connectivity index (χ1n) is 6.94. The lowest BCUT2D eigenvalue weighted by Gasteiger charge is -2.17. The number of carboxylic acid groups (broad SMARTS) is 1. The zero-order chi connectivity index (χ0) is 14.3. The van der Waals surface area contributed by atoms with Crippen LogP contribution in [0.5, 0.6) is 0 Å². The highest BCUT2D eigenvalue weighted by molar-refractivity contribution is 5.74. The summed E-state index contributed by atoms with van der Waals surface area (Å²) in [6.07, 6.45) is 4.06. The number of aliphatic hydroxyl groups excluding tert-OH is 1. The fraction of sp³-hybridized carbons (Fsp3) is 0.846. The van der Waals surface area contributed by atoms with Gasteiger partial charge in [0.15, 0.2) is 6.10 Å². The molecule has 4 N–H and O–H groups in total. The molecule has 19 heavy (non-hydrogen) atoms. The molecule has 0 aliphatic heterocycles. The van der Waals surface area contributed by atoms with Crippen LogP contribution in [0.4, 0.5) is 4.79 Å². The second-order valence-corrected chi connectivity index (χ2v) is 5.35. The molecule has 1 saturated carbocycles. The van der Waals surface area contributed by atoms with E-state index in [1.807, 2.05) is 0 Å². The number of hydrogen-bond donors (Lipinski definition) is 4. The lowest BCUT2D eigenvalue weighted by molar-refractivity contribution is -0.146. The second-order valence-electron chi connectivity index (χ2n) is 5.35. The van der Waals surface area contributed by atoms with Gasteiger partial charge in [-0.3, -0.25) is 0 Å². The third-order valence-corrected chi connectivity index (χ3v) is 3.58. The molecule has 0 heterocycles. The maximum absolute atomic E-state index is 11.6. The second kappa shape index (κ2) is 7.99. The normalized spacial score (nSPS) is 25.2. The highest BCUT2D eigenvalue weighted by Gasteiger charge is 2.18. The van der Waals surface area contributed by atoms with Gasteiger partial charge in [-0.2, -0.15) is 0 Å². The van der Waals surface area contributed by atoms with Gasteiger partial charge in [0.05, 0.1) is 0 Å². The topological polar surface area (TPSA) is 98.7 Å². The van der Waals surface area contributed by atoms with Gasteiger partial charge in [-0.15, -0.1) is 0 Å². The molecule has 0 radical (unpaired) electrons. The van der Waals surface area contributed by atoms with Gasteiger partial charge >= 0.3 is 12.0 Å². The molecule has 0 aromatic heterocycles. The monoisotopic (exact) mass is 272 g/mol. The highest BCUT2D eigenvalue weighted by Crippen LogP contribution is 2.22. The first kappa shape index (κ1) is 15.8. The van der Waals surface area contributed by atoms with E-state index in [2.05, 4.69) is 17.6 Å². The third kappa shape index (κ3) is 6.42. The summed E-state index contributed by atoms with van der Waals surface area (Å²) in [6, 6.07) is -0.0773. The summed E-state index contributed by atoms with van der Waals surface area (Å²) in [5.74, 6) is -0.541. The molecular formula is C13H24N2O4. The summed E-state index contributed by atoms with van der Waals surface area (Å²) < 4.78 is 0. The van der Waals surface area contributed by atoms with Gasteiger partial charge in [0.25, 0.3) is 0 Å². The van der Waals surface area contributed by atoms with E-state index in [4.69, 9.17) is 10.2 Å². The molecule has 1 rings (SSSR count). The summed E-state index contributed by atoms with van der Waals surface area (Å²) in [5, 5.41) is 23.0. The minimum atomic E-state index is -1.42. The van der Waals surface area contributed by atoms with Crippen LogP contribution in [0.2, 0.25) is 0 Å². The standard InChI is InChI=1S/C13H24N2O4/c1-9-3-2-4-10(6-5-9)15-13(19)14-8-7-11(16)12(17)18/h9-11,16H,2-8H2,1H3,(H,17,18)(H2,14,15,19)/t9?,10?,11-/m0/s1. The molecule has 0 aromatic rings. The molecule has 0 saturated heterocycles. The molecule has 1 aliphatic carbocycles. The number of amides is 2.